The van der Waals surface area contributed by atoms with Crippen LogP contribution in [0.4, 0.5) is 0 Å². The zero-order valence-corrected chi connectivity index (χ0v) is 13.5. The summed E-state index contributed by atoms with van der Waals surface area (Å²) in [6.45, 7) is 1.55. The van der Waals surface area contributed by atoms with Gasteiger partial charge in [-0.15, -0.1) is 0 Å². The van der Waals surface area contributed by atoms with E-state index >= 15 is 0 Å². The van der Waals surface area contributed by atoms with Gasteiger partial charge in [0.05, 0.1) is 25.5 Å². The van der Waals surface area contributed by atoms with E-state index in [1.54, 1.807) is 0 Å². The van der Waals surface area contributed by atoms with Crippen molar-refractivity contribution in [3.63, 3.8) is 0 Å². The van der Waals surface area contributed by atoms with Gasteiger partial charge in [0.15, 0.2) is 0 Å². The van der Waals surface area contributed by atoms with Gasteiger partial charge in [-0.25, -0.2) is 0 Å². The number of carbonyl (C=O) groups is 2. The number of halogens is 1. The molecule has 1 aliphatic heterocycles. The van der Waals surface area contributed by atoms with E-state index in [9.17, 15) is 9.59 Å². The van der Waals surface area contributed by atoms with Crippen molar-refractivity contribution in [2.24, 2.45) is 5.92 Å². The largest absolute Gasteiger partial charge is 0.469 e. The molecule has 0 saturated carbocycles. The van der Waals surface area contributed by atoms with Crippen LogP contribution in [-0.2, 0) is 14.3 Å². The molecule has 114 valence electrons. The predicted molar refractivity (Wildman–Crippen MR) is 82.6 cm³/mol. The molecule has 6 heteroatoms. The molecule has 21 heavy (non-hydrogen) atoms. The molecule has 1 aromatic carbocycles. The van der Waals surface area contributed by atoms with Crippen molar-refractivity contribution >= 4 is 27.8 Å². The Bertz CT molecular complexity index is 498. The molecule has 1 saturated heterocycles. The molecule has 5 nitrogen and oxygen atoms in total. The summed E-state index contributed by atoms with van der Waals surface area (Å²) in [7, 11) is 1.35. The number of methoxy groups -OCH3 is 1. The van der Waals surface area contributed by atoms with Crippen LogP contribution in [0.25, 0.3) is 0 Å². The van der Waals surface area contributed by atoms with Crippen LogP contribution in [0.5, 0.6) is 0 Å². The van der Waals surface area contributed by atoms with Gasteiger partial charge >= 0.3 is 5.97 Å². The zero-order chi connectivity index (χ0) is 15.2. The molecule has 1 amide bonds. The van der Waals surface area contributed by atoms with Gasteiger partial charge in [0.1, 0.15) is 0 Å². The minimum atomic E-state index is -0.362. The van der Waals surface area contributed by atoms with E-state index in [1.165, 1.54) is 7.11 Å². The lowest BCUT2D eigenvalue weighted by Crippen LogP contribution is -2.36. The van der Waals surface area contributed by atoms with Crippen LogP contribution in [0.2, 0.25) is 0 Å². The lowest BCUT2D eigenvalue weighted by atomic mass is 10.0. The maximum atomic E-state index is 12.3. The molecule has 1 heterocycles. The number of carbonyl (C=O) groups excluding carboxylic acids is 2. The van der Waals surface area contributed by atoms with Crippen molar-refractivity contribution in [2.45, 2.75) is 18.9 Å². The molecule has 1 fully saturated rings. The SMILES string of the molecule is COC(=O)CC(NC(=O)C1CCNC1)c1ccc(Br)cc1. The number of amides is 1. The molecule has 0 aliphatic carbocycles. The summed E-state index contributed by atoms with van der Waals surface area (Å²) in [5.41, 5.74) is 0.892. The van der Waals surface area contributed by atoms with Crippen LogP contribution in [0.1, 0.15) is 24.4 Å². The van der Waals surface area contributed by atoms with Gasteiger partial charge in [0, 0.05) is 11.0 Å². The van der Waals surface area contributed by atoms with Gasteiger partial charge in [-0.2, -0.15) is 0 Å². The Morgan fingerprint density at radius 2 is 2.14 bits per heavy atom. The second-order valence-corrected chi connectivity index (χ2v) is 6.00. The maximum absolute atomic E-state index is 12.3. The molecule has 0 spiro atoms. The number of esters is 1. The summed E-state index contributed by atoms with van der Waals surface area (Å²) in [5.74, 6) is -0.384. The zero-order valence-electron chi connectivity index (χ0n) is 11.9. The van der Waals surface area contributed by atoms with E-state index in [-0.39, 0.29) is 30.3 Å². The van der Waals surface area contributed by atoms with Crippen molar-refractivity contribution in [3.05, 3.63) is 34.3 Å². The number of hydrogen-bond donors (Lipinski definition) is 2. The van der Waals surface area contributed by atoms with Crippen LogP contribution >= 0.6 is 15.9 Å². The fraction of sp³-hybridized carbons (Fsp3) is 0.467. The van der Waals surface area contributed by atoms with Gasteiger partial charge in [-0.1, -0.05) is 28.1 Å². The Hall–Kier alpha value is -1.40. The highest BCUT2D eigenvalue weighted by molar-refractivity contribution is 9.10. The predicted octanol–water partition coefficient (Wildman–Crippen LogP) is 1.78. The third-order valence-electron chi connectivity index (χ3n) is 3.62. The minimum absolute atomic E-state index is 0.0168. The van der Waals surface area contributed by atoms with Gasteiger partial charge < -0.3 is 15.4 Å². The first-order valence-electron chi connectivity index (χ1n) is 6.93. The van der Waals surface area contributed by atoms with Crippen molar-refractivity contribution in [3.8, 4) is 0 Å². The third kappa shape index (κ3) is 4.54. The highest BCUT2D eigenvalue weighted by Gasteiger charge is 2.26. The van der Waals surface area contributed by atoms with Gasteiger partial charge in [0.25, 0.3) is 0 Å². The maximum Gasteiger partial charge on any atom is 0.307 e. The molecule has 2 atom stereocenters. The minimum Gasteiger partial charge on any atom is -0.469 e. The first kappa shape index (κ1) is 16.0. The molecule has 0 bridgehead atoms. The number of rotatable bonds is 5. The third-order valence-corrected chi connectivity index (χ3v) is 4.15. The van der Waals surface area contributed by atoms with Crippen molar-refractivity contribution in [1.82, 2.24) is 10.6 Å². The van der Waals surface area contributed by atoms with E-state index < -0.39 is 0 Å². The van der Waals surface area contributed by atoms with E-state index in [4.69, 9.17) is 4.74 Å². The monoisotopic (exact) mass is 354 g/mol. The lowest BCUT2D eigenvalue weighted by molar-refractivity contribution is -0.141. The Labute approximate surface area is 132 Å². The Balaban J connectivity index is 2.09. The highest BCUT2D eigenvalue weighted by Crippen LogP contribution is 2.21. The Morgan fingerprint density at radius 3 is 2.71 bits per heavy atom. The van der Waals surface area contributed by atoms with Crippen LogP contribution < -0.4 is 10.6 Å². The topological polar surface area (TPSA) is 67.4 Å². The summed E-state index contributed by atoms with van der Waals surface area (Å²) in [6.07, 6.45) is 0.959. The van der Waals surface area contributed by atoms with Crippen molar-refractivity contribution in [2.75, 3.05) is 20.2 Å². The van der Waals surface area contributed by atoms with Crippen LogP contribution in [0, 0.1) is 5.92 Å². The summed E-state index contributed by atoms with van der Waals surface area (Å²) in [4.78, 5) is 23.8. The van der Waals surface area contributed by atoms with E-state index in [0.717, 1.165) is 23.0 Å². The summed E-state index contributed by atoms with van der Waals surface area (Å²) < 4.78 is 5.67. The molecular formula is C15H19BrN2O3. The molecular weight excluding hydrogens is 336 g/mol. The van der Waals surface area contributed by atoms with Gasteiger partial charge in [-0.3, -0.25) is 9.59 Å². The van der Waals surface area contributed by atoms with Crippen LogP contribution in [-0.4, -0.2) is 32.1 Å². The van der Waals surface area contributed by atoms with Gasteiger partial charge in [-0.05, 0) is 30.7 Å². The van der Waals surface area contributed by atoms with Gasteiger partial charge in [0.2, 0.25) is 5.91 Å². The average molecular weight is 355 g/mol. The summed E-state index contributed by atoms with van der Waals surface area (Å²) in [6, 6.07) is 7.21. The van der Waals surface area contributed by atoms with E-state index in [0.29, 0.717) is 6.54 Å². The molecule has 1 aromatic rings. The number of nitrogens with one attached hydrogen (secondary N) is 2. The van der Waals surface area contributed by atoms with Crippen LogP contribution in [0.3, 0.4) is 0 Å². The normalized spacial score (nSPS) is 19.0. The standard InChI is InChI=1S/C15H19BrN2O3/c1-21-14(19)8-13(10-2-4-12(16)5-3-10)18-15(20)11-6-7-17-9-11/h2-5,11,13,17H,6-9H2,1H3,(H,18,20). The summed E-state index contributed by atoms with van der Waals surface area (Å²) in [5, 5.41) is 6.13. The molecule has 2 N–H and O–H groups in total. The molecule has 2 unspecified atom stereocenters. The number of benzene rings is 1. The molecule has 0 radical (unpaired) electrons. The smallest absolute Gasteiger partial charge is 0.307 e. The highest BCUT2D eigenvalue weighted by atomic mass is 79.9. The summed E-state index contributed by atoms with van der Waals surface area (Å²) >= 11 is 3.38. The van der Waals surface area contributed by atoms with Crippen LogP contribution in [0.15, 0.2) is 28.7 Å². The molecule has 2 rings (SSSR count). The quantitative estimate of drug-likeness (QED) is 0.791. The van der Waals surface area contributed by atoms with Crippen molar-refractivity contribution < 1.29 is 14.3 Å². The van der Waals surface area contributed by atoms with E-state index in [2.05, 4.69) is 26.6 Å². The first-order valence-corrected chi connectivity index (χ1v) is 7.73. The number of ether oxygens (including phenoxy) is 1. The lowest BCUT2D eigenvalue weighted by Gasteiger charge is -2.20. The number of hydrogen-bond acceptors (Lipinski definition) is 4. The average Bonchev–Trinajstić information content (AvgIpc) is 3.01. The second kappa shape index (κ2) is 7.56. The fourth-order valence-electron chi connectivity index (χ4n) is 2.37. The Morgan fingerprint density at radius 1 is 1.43 bits per heavy atom. The Kier molecular flexibility index (Phi) is 5.76. The van der Waals surface area contributed by atoms with E-state index in [1.807, 2.05) is 24.3 Å². The second-order valence-electron chi connectivity index (χ2n) is 5.08. The van der Waals surface area contributed by atoms with Crippen molar-refractivity contribution in [1.29, 1.82) is 0 Å². The molecule has 0 aromatic heterocycles. The fourth-order valence-corrected chi connectivity index (χ4v) is 2.63. The first-order chi connectivity index (χ1) is 10.1. The molecule has 1 aliphatic rings.